The van der Waals surface area contributed by atoms with Crippen LogP contribution in [0.15, 0.2) is 48.7 Å². The summed E-state index contributed by atoms with van der Waals surface area (Å²) in [6.07, 6.45) is 1.09. The highest BCUT2D eigenvalue weighted by Gasteiger charge is 2.13. The summed E-state index contributed by atoms with van der Waals surface area (Å²) in [4.78, 5) is 8.16. The van der Waals surface area contributed by atoms with Gasteiger partial charge < -0.3 is 25.2 Å². The molecular weight excluding hydrogens is 351 g/mol. The molecule has 3 aromatic rings. The van der Waals surface area contributed by atoms with E-state index in [0.29, 0.717) is 41.7 Å². The lowest BCUT2D eigenvalue weighted by Crippen LogP contribution is -2.15. The van der Waals surface area contributed by atoms with Crippen molar-refractivity contribution in [3.63, 3.8) is 0 Å². The van der Waals surface area contributed by atoms with E-state index < -0.39 is 5.82 Å². The predicted octanol–water partition coefficient (Wildman–Crippen LogP) is 3.37. The highest BCUT2D eigenvalue weighted by atomic mass is 19.1. The summed E-state index contributed by atoms with van der Waals surface area (Å²) in [5.74, 6) is 0.983. The van der Waals surface area contributed by atoms with E-state index in [4.69, 9.17) is 9.47 Å². The van der Waals surface area contributed by atoms with Crippen LogP contribution in [0, 0.1) is 5.82 Å². The highest BCUT2D eigenvalue weighted by molar-refractivity contribution is 5.62. The lowest BCUT2D eigenvalue weighted by atomic mass is 10.2. The van der Waals surface area contributed by atoms with Gasteiger partial charge in [-0.15, -0.1) is 0 Å². The van der Waals surface area contributed by atoms with Crippen molar-refractivity contribution >= 4 is 23.1 Å². The second-order valence-electron chi connectivity index (χ2n) is 5.86. The van der Waals surface area contributed by atoms with Gasteiger partial charge in [0, 0.05) is 17.4 Å². The van der Waals surface area contributed by atoms with Crippen molar-refractivity contribution in [2.24, 2.45) is 0 Å². The maximum absolute atomic E-state index is 14.1. The number of rotatable bonds is 5. The molecule has 0 unspecified atom stereocenters. The third-order valence-corrected chi connectivity index (χ3v) is 3.91. The zero-order valence-electron chi connectivity index (χ0n) is 14.3. The Labute approximate surface area is 154 Å². The number of fused-ring (bicyclic) bond motifs is 1. The van der Waals surface area contributed by atoms with Crippen molar-refractivity contribution in [3.8, 4) is 11.5 Å². The molecule has 0 fully saturated rings. The number of aliphatic hydroxyl groups is 1. The van der Waals surface area contributed by atoms with Crippen LogP contribution in [-0.2, 0) is 6.61 Å². The van der Waals surface area contributed by atoms with E-state index in [1.54, 1.807) is 42.5 Å². The van der Waals surface area contributed by atoms with Crippen molar-refractivity contribution in [1.82, 2.24) is 9.97 Å². The first-order valence-corrected chi connectivity index (χ1v) is 8.37. The molecule has 7 nitrogen and oxygen atoms in total. The van der Waals surface area contributed by atoms with Crippen molar-refractivity contribution in [2.45, 2.75) is 6.61 Å². The fraction of sp³-hybridized carbons (Fsp3) is 0.158. The summed E-state index contributed by atoms with van der Waals surface area (Å²) < 4.78 is 25.1. The van der Waals surface area contributed by atoms with Gasteiger partial charge in [-0.3, -0.25) is 0 Å². The smallest absolute Gasteiger partial charge is 0.229 e. The number of hydrogen-bond donors (Lipinski definition) is 3. The van der Waals surface area contributed by atoms with Gasteiger partial charge in [0.2, 0.25) is 5.95 Å². The number of benzene rings is 2. The van der Waals surface area contributed by atoms with E-state index in [0.717, 1.165) is 6.20 Å². The average Bonchev–Trinajstić information content (AvgIpc) is 2.70. The van der Waals surface area contributed by atoms with Crippen LogP contribution < -0.4 is 20.1 Å². The van der Waals surface area contributed by atoms with E-state index in [-0.39, 0.29) is 18.4 Å². The summed E-state index contributed by atoms with van der Waals surface area (Å²) >= 11 is 0. The molecule has 1 aliphatic rings. The Kier molecular flexibility index (Phi) is 4.71. The van der Waals surface area contributed by atoms with Gasteiger partial charge in [-0.1, -0.05) is 12.1 Å². The molecule has 0 bridgehead atoms. The number of ether oxygens (including phenoxy) is 2. The largest absolute Gasteiger partial charge is 0.486 e. The lowest BCUT2D eigenvalue weighted by molar-refractivity contribution is 0.171. The molecule has 0 radical (unpaired) electrons. The first-order chi connectivity index (χ1) is 13.2. The van der Waals surface area contributed by atoms with Crippen LogP contribution in [0.5, 0.6) is 11.5 Å². The Morgan fingerprint density at radius 3 is 2.67 bits per heavy atom. The van der Waals surface area contributed by atoms with Crippen LogP contribution >= 0.6 is 0 Å². The Balaban J connectivity index is 1.55. The van der Waals surface area contributed by atoms with Crippen LogP contribution in [0.25, 0.3) is 0 Å². The molecule has 1 aliphatic heterocycles. The third kappa shape index (κ3) is 3.90. The van der Waals surface area contributed by atoms with Gasteiger partial charge in [0.15, 0.2) is 23.1 Å². The minimum atomic E-state index is -0.586. The van der Waals surface area contributed by atoms with Crippen LogP contribution in [0.4, 0.5) is 27.5 Å². The molecule has 2 aromatic carbocycles. The summed E-state index contributed by atoms with van der Waals surface area (Å²) in [5, 5.41) is 15.1. The monoisotopic (exact) mass is 368 g/mol. The molecule has 4 rings (SSSR count). The second-order valence-corrected chi connectivity index (χ2v) is 5.86. The molecule has 0 atom stereocenters. The Morgan fingerprint density at radius 1 is 1.00 bits per heavy atom. The van der Waals surface area contributed by atoms with Crippen molar-refractivity contribution in [3.05, 3.63) is 60.0 Å². The zero-order chi connectivity index (χ0) is 18.6. The summed E-state index contributed by atoms with van der Waals surface area (Å²) in [7, 11) is 0. The number of aliphatic hydroxyl groups excluding tert-OH is 1. The fourth-order valence-corrected chi connectivity index (χ4v) is 2.65. The molecule has 2 heterocycles. The number of nitrogens with zero attached hydrogens (tertiary/aromatic N) is 2. The van der Waals surface area contributed by atoms with Crippen LogP contribution in [0.3, 0.4) is 0 Å². The standard InChI is InChI=1S/C19H17FN4O3/c20-15-10-21-19(23-14-4-5-16-17(9-14)27-7-6-26-16)24-18(15)22-13-3-1-2-12(8-13)11-25/h1-5,8-10,25H,6-7,11H2,(H2,21,22,23,24). The number of nitrogens with one attached hydrogen (secondary N) is 2. The third-order valence-electron chi connectivity index (χ3n) is 3.91. The average molecular weight is 368 g/mol. The lowest BCUT2D eigenvalue weighted by Gasteiger charge is -2.19. The molecule has 27 heavy (non-hydrogen) atoms. The van der Waals surface area contributed by atoms with E-state index in [1.165, 1.54) is 0 Å². The molecule has 0 spiro atoms. The van der Waals surface area contributed by atoms with Crippen LogP contribution in [0.2, 0.25) is 0 Å². The van der Waals surface area contributed by atoms with Gasteiger partial charge in [0.25, 0.3) is 0 Å². The first kappa shape index (κ1) is 17.0. The summed E-state index contributed by atoms with van der Waals surface area (Å²) in [6.45, 7) is 0.913. The van der Waals surface area contributed by atoms with Gasteiger partial charge in [-0.2, -0.15) is 4.98 Å². The second kappa shape index (κ2) is 7.46. The molecule has 0 saturated heterocycles. The normalized spacial score (nSPS) is 12.5. The number of halogens is 1. The van der Waals surface area contributed by atoms with Crippen LogP contribution in [0.1, 0.15) is 5.56 Å². The van der Waals surface area contributed by atoms with Gasteiger partial charge in [-0.05, 0) is 29.8 Å². The molecular formula is C19H17FN4O3. The van der Waals surface area contributed by atoms with E-state index in [9.17, 15) is 9.50 Å². The summed E-state index contributed by atoms with van der Waals surface area (Å²) in [6, 6.07) is 12.4. The molecule has 1 aromatic heterocycles. The Bertz CT molecular complexity index is 967. The van der Waals surface area contributed by atoms with Crippen LogP contribution in [-0.4, -0.2) is 28.3 Å². The highest BCUT2D eigenvalue weighted by Crippen LogP contribution is 2.33. The topological polar surface area (TPSA) is 88.5 Å². The molecule has 3 N–H and O–H groups in total. The minimum absolute atomic E-state index is 0.0279. The fourth-order valence-electron chi connectivity index (χ4n) is 2.65. The molecule has 0 aliphatic carbocycles. The van der Waals surface area contributed by atoms with Crippen molar-refractivity contribution < 1.29 is 19.0 Å². The van der Waals surface area contributed by atoms with Crippen molar-refractivity contribution in [1.29, 1.82) is 0 Å². The number of hydrogen-bond acceptors (Lipinski definition) is 7. The molecule has 138 valence electrons. The number of aromatic nitrogens is 2. The van der Waals surface area contributed by atoms with Gasteiger partial charge >= 0.3 is 0 Å². The van der Waals surface area contributed by atoms with E-state index in [2.05, 4.69) is 20.6 Å². The molecule has 0 amide bonds. The maximum Gasteiger partial charge on any atom is 0.229 e. The Hall–Kier alpha value is -3.39. The zero-order valence-corrected chi connectivity index (χ0v) is 14.3. The molecule has 0 saturated carbocycles. The van der Waals surface area contributed by atoms with Gasteiger partial charge in [0.1, 0.15) is 13.2 Å². The first-order valence-electron chi connectivity index (χ1n) is 8.37. The quantitative estimate of drug-likeness (QED) is 0.636. The SMILES string of the molecule is OCc1cccc(Nc2nc(Nc3ccc4c(c3)OCCO4)ncc2F)c1. The summed E-state index contributed by atoms with van der Waals surface area (Å²) in [5.41, 5.74) is 2.02. The van der Waals surface area contributed by atoms with E-state index >= 15 is 0 Å². The maximum atomic E-state index is 14.1. The van der Waals surface area contributed by atoms with Gasteiger partial charge in [-0.25, -0.2) is 9.37 Å². The molecule has 8 heteroatoms. The van der Waals surface area contributed by atoms with Crippen molar-refractivity contribution in [2.75, 3.05) is 23.8 Å². The van der Waals surface area contributed by atoms with E-state index in [1.807, 2.05) is 0 Å². The minimum Gasteiger partial charge on any atom is -0.486 e. The van der Waals surface area contributed by atoms with Gasteiger partial charge in [0.05, 0.1) is 12.8 Å². The Morgan fingerprint density at radius 2 is 1.81 bits per heavy atom. The number of anilines is 4. The predicted molar refractivity (Wildman–Crippen MR) is 98.4 cm³/mol.